The molecule has 8 nitrogen and oxygen atoms in total. The maximum Gasteiger partial charge on any atom is 0.326 e. The molecule has 0 radical (unpaired) electrons. The summed E-state index contributed by atoms with van der Waals surface area (Å²) in [4.78, 5) is 49.9. The van der Waals surface area contributed by atoms with Crippen LogP contribution in [0.2, 0.25) is 0 Å². The number of imidazole rings is 1. The summed E-state index contributed by atoms with van der Waals surface area (Å²) >= 11 is 0. The zero-order valence-corrected chi connectivity index (χ0v) is 18.7. The van der Waals surface area contributed by atoms with Crippen molar-refractivity contribution in [1.82, 2.24) is 19.4 Å². The minimum Gasteiger partial charge on any atom is -0.302 e. The first kappa shape index (κ1) is 20.8. The van der Waals surface area contributed by atoms with E-state index in [4.69, 9.17) is 0 Å². The average molecular weight is 456 g/mol. The lowest BCUT2D eigenvalue weighted by atomic mass is 10.0. The Bertz CT molecular complexity index is 1390. The number of amides is 2. The number of hydrogen-bond donors (Lipinski definition) is 1. The standard InChI is InChI=1S/C26H25N5O3/c32-24-19-10-4-5-11-20(19)25(33)31(24)23-22-21(12-13-27-23)30(26(34)28-22)18-9-6-14-29(16-18)15-17-7-2-1-3-8-17/h2,4-5,7-8,10-13,18H,1,3,6,9,14-16H2,(H,28,34). The molecule has 0 saturated carbocycles. The first-order valence-corrected chi connectivity index (χ1v) is 11.8. The van der Waals surface area contributed by atoms with Gasteiger partial charge in [-0.3, -0.25) is 19.1 Å². The van der Waals surface area contributed by atoms with Gasteiger partial charge in [0.15, 0.2) is 5.82 Å². The highest BCUT2D eigenvalue weighted by molar-refractivity contribution is 6.35. The smallest absolute Gasteiger partial charge is 0.302 e. The Kier molecular flexibility index (Phi) is 5.03. The normalized spacial score (nSPS) is 20.8. The second-order valence-electron chi connectivity index (χ2n) is 9.11. The molecule has 1 fully saturated rings. The molecule has 1 aliphatic carbocycles. The predicted molar refractivity (Wildman–Crippen MR) is 129 cm³/mol. The maximum atomic E-state index is 13.1. The highest BCUT2D eigenvalue weighted by atomic mass is 16.2. The zero-order valence-electron chi connectivity index (χ0n) is 18.7. The summed E-state index contributed by atoms with van der Waals surface area (Å²) in [5.41, 5.74) is 2.86. The van der Waals surface area contributed by atoms with Gasteiger partial charge in [-0.25, -0.2) is 14.7 Å². The Hall–Kier alpha value is -3.78. The van der Waals surface area contributed by atoms with Crippen LogP contribution in [-0.2, 0) is 0 Å². The van der Waals surface area contributed by atoms with Gasteiger partial charge in [0.1, 0.15) is 5.52 Å². The molecular weight excluding hydrogens is 430 g/mol. The number of aromatic amines is 1. The Labute approximate surface area is 196 Å². The second-order valence-corrected chi connectivity index (χ2v) is 9.11. The van der Waals surface area contributed by atoms with Crippen LogP contribution >= 0.6 is 0 Å². The molecule has 8 heteroatoms. The number of allylic oxidation sites excluding steroid dienone is 2. The van der Waals surface area contributed by atoms with Gasteiger partial charge < -0.3 is 4.98 Å². The average Bonchev–Trinajstić information content (AvgIpc) is 3.33. The number of carbonyl (C=O) groups excluding carboxylic acids is 2. The number of pyridine rings is 1. The molecule has 1 saturated heterocycles. The van der Waals surface area contributed by atoms with Crippen LogP contribution in [0, 0.1) is 0 Å². The molecule has 2 aliphatic heterocycles. The summed E-state index contributed by atoms with van der Waals surface area (Å²) in [5.74, 6) is -0.677. The number of imide groups is 1. The maximum absolute atomic E-state index is 13.1. The molecule has 1 N–H and O–H groups in total. The van der Waals surface area contributed by atoms with Gasteiger partial charge in [0.05, 0.1) is 22.7 Å². The fraction of sp³-hybridized carbons (Fsp3) is 0.308. The van der Waals surface area contributed by atoms with E-state index < -0.39 is 11.8 Å². The quantitative estimate of drug-likeness (QED) is 0.609. The van der Waals surface area contributed by atoms with E-state index in [1.165, 1.54) is 5.57 Å². The summed E-state index contributed by atoms with van der Waals surface area (Å²) in [6.45, 7) is 2.65. The SMILES string of the molecule is O=C1c2ccccc2C(=O)N1c1nccc2c1[nH]c(=O)n2C1CCCN(CC2=CCCC=C2)C1. The van der Waals surface area contributed by atoms with E-state index in [9.17, 15) is 14.4 Å². The van der Waals surface area contributed by atoms with Gasteiger partial charge >= 0.3 is 5.69 Å². The van der Waals surface area contributed by atoms with Crippen molar-refractivity contribution in [3.8, 4) is 0 Å². The summed E-state index contributed by atoms with van der Waals surface area (Å²) in [7, 11) is 0. The van der Waals surface area contributed by atoms with Crippen molar-refractivity contribution in [1.29, 1.82) is 0 Å². The van der Waals surface area contributed by atoms with Crippen LogP contribution in [-0.4, -0.2) is 50.9 Å². The molecule has 172 valence electrons. The number of nitrogens with one attached hydrogen (secondary N) is 1. The Morgan fingerprint density at radius 1 is 1.03 bits per heavy atom. The fourth-order valence-electron chi connectivity index (χ4n) is 5.38. The molecule has 1 unspecified atom stereocenters. The summed E-state index contributed by atoms with van der Waals surface area (Å²) in [6.07, 6.45) is 12.3. The molecular formula is C26H25N5O3. The third-order valence-electron chi connectivity index (χ3n) is 6.95. The van der Waals surface area contributed by atoms with E-state index >= 15 is 0 Å². The number of piperidine rings is 1. The van der Waals surface area contributed by atoms with Crippen molar-refractivity contribution in [2.24, 2.45) is 0 Å². The summed E-state index contributed by atoms with van der Waals surface area (Å²) in [5, 5.41) is 0. The molecule has 1 atom stereocenters. The van der Waals surface area contributed by atoms with Crippen molar-refractivity contribution in [2.75, 3.05) is 24.5 Å². The number of fused-ring (bicyclic) bond motifs is 2. The number of anilines is 1. The number of hydrogen-bond acceptors (Lipinski definition) is 5. The zero-order chi connectivity index (χ0) is 23.2. The van der Waals surface area contributed by atoms with Crippen molar-refractivity contribution in [2.45, 2.75) is 31.7 Å². The molecule has 2 amide bonds. The highest BCUT2D eigenvalue weighted by Crippen LogP contribution is 2.32. The number of rotatable bonds is 4. The van der Waals surface area contributed by atoms with E-state index in [0.29, 0.717) is 22.2 Å². The fourth-order valence-corrected chi connectivity index (χ4v) is 5.38. The minimum atomic E-state index is -0.424. The first-order valence-electron chi connectivity index (χ1n) is 11.8. The number of nitrogens with zero attached hydrogens (tertiary/aromatic N) is 4. The Morgan fingerprint density at radius 3 is 2.56 bits per heavy atom. The minimum absolute atomic E-state index is 0.000554. The van der Waals surface area contributed by atoms with E-state index in [0.717, 1.165) is 50.2 Å². The van der Waals surface area contributed by atoms with E-state index in [1.54, 1.807) is 41.1 Å². The number of likely N-dealkylation sites (tertiary alicyclic amines) is 1. The van der Waals surface area contributed by atoms with Crippen LogP contribution in [0.5, 0.6) is 0 Å². The van der Waals surface area contributed by atoms with Crippen LogP contribution < -0.4 is 10.6 Å². The first-order chi connectivity index (χ1) is 16.6. The Morgan fingerprint density at radius 2 is 1.82 bits per heavy atom. The summed E-state index contributed by atoms with van der Waals surface area (Å²) < 4.78 is 1.77. The van der Waals surface area contributed by atoms with Gasteiger partial charge in [0.25, 0.3) is 11.8 Å². The second kappa shape index (κ2) is 8.22. The molecule has 0 bridgehead atoms. The largest absolute Gasteiger partial charge is 0.326 e. The molecule has 1 aromatic carbocycles. The van der Waals surface area contributed by atoms with Gasteiger partial charge in [-0.15, -0.1) is 0 Å². The van der Waals surface area contributed by atoms with Crippen LogP contribution in [0.4, 0.5) is 5.82 Å². The summed E-state index contributed by atoms with van der Waals surface area (Å²) in [6, 6.07) is 8.51. The van der Waals surface area contributed by atoms with Gasteiger partial charge in [-0.2, -0.15) is 0 Å². The number of carbonyl (C=O) groups is 2. The van der Waals surface area contributed by atoms with E-state index in [-0.39, 0.29) is 17.5 Å². The molecule has 3 aromatic rings. The monoisotopic (exact) mass is 455 g/mol. The van der Waals surface area contributed by atoms with E-state index in [2.05, 4.69) is 33.1 Å². The lowest BCUT2D eigenvalue weighted by Gasteiger charge is -2.33. The van der Waals surface area contributed by atoms with E-state index in [1.807, 2.05) is 0 Å². The topological polar surface area (TPSA) is 91.3 Å². The van der Waals surface area contributed by atoms with Crippen LogP contribution in [0.1, 0.15) is 52.4 Å². The third-order valence-corrected chi connectivity index (χ3v) is 6.95. The molecule has 4 heterocycles. The van der Waals surface area contributed by atoms with Crippen LogP contribution in [0.3, 0.4) is 0 Å². The van der Waals surface area contributed by atoms with Crippen molar-refractivity contribution in [3.63, 3.8) is 0 Å². The van der Waals surface area contributed by atoms with Gasteiger partial charge in [0, 0.05) is 19.3 Å². The predicted octanol–water partition coefficient (Wildman–Crippen LogP) is 3.44. The molecule has 0 spiro atoms. The van der Waals surface area contributed by atoms with Gasteiger partial charge in [-0.05, 0) is 56.0 Å². The third kappa shape index (κ3) is 3.33. The lowest BCUT2D eigenvalue weighted by molar-refractivity contribution is 0.0925. The lowest BCUT2D eigenvalue weighted by Crippen LogP contribution is -2.40. The number of benzene rings is 1. The number of H-pyrrole nitrogens is 1. The Balaban J connectivity index is 1.34. The molecule has 3 aliphatic rings. The van der Waals surface area contributed by atoms with Gasteiger partial charge in [-0.1, -0.05) is 30.4 Å². The van der Waals surface area contributed by atoms with Crippen LogP contribution in [0.15, 0.2) is 65.1 Å². The molecule has 34 heavy (non-hydrogen) atoms. The highest BCUT2D eigenvalue weighted by Gasteiger charge is 2.38. The van der Waals surface area contributed by atoms with Crippen molar-refractivity contribution >= 4 is 28.7 Å². The number of aromatic nitrogens is 3. The van der Waals surface area contributed by atoms with Crippen LogP contribution in [0.25, 0.3) is 11.0 Å². The molecule has 6 rings (SSSR count). The van der Waals surface area contributed by atoms with Crippen molar-refractivity contribution < 1.29 is 9.59 Å². The molecule has 2 aromatic heterocycles. The van der Waals surface area contributed by atoms with Crippen molar-refractivity contribution in [3.05, 3.63) is 81.9 Å². The van der Waals surface area contributed by atoms with Gasteiger partial charge in [0.2, 0.25) is 0 Å².